The van der Waals surface area contributed by atoms with Gasteiger partial charge in [-0.1, -0.05) is 42.5 Å². The molecule has 0 bridgehead atoms. The van der Waals surface area contributed by atoms with E-state index in [1.54, 1.807) is 19.1 Å². The number of phenolic OH excluding ortho intramolecular Hbond substituents is 1. The molecule has 2 aromatic carbocycles. The molecule has 2 aromatic rings. The fraction of sp³-hybridized carbons (Fsp3) is 0.222. The maximum absolute atomic E-state index is 11.9. The second kappa shape index (κ2) is 7.98. The Morgan fingerprint density at radius 1 is 1.00 bits per heavy atom. The van der Waals surface area contributed by atoms with Crippen LogP contribution in [0.2, 0.25) is 0 Å². The molecule has 5 nitrogen and oxygen atoms in total. The number of carbonyl (C=O) groups is 2. The van der Waals surface area contributed by atoms with Crippen molar-refractivity contribution in [1.82, 2.24) is 0 Å². The Bertz CT molecular complexity index is 649. The highest BCUT2D eigenvalue weighted by molar-refractivity contribution is 5.81. The van der Waals surface area contributed by atoms with Crippen molar-refractivity contribution >= 4 is 11.9 Å². The van der Waals surface area contributed by atoms with Crippen LogP contribution in [0.15, 0.2) is 54.6 Å². The molecule has 2 rings (SSSR count). The van der Waals surface area contributed by atoms with E-state index in [-0.39, 0.29) is 12.4 Å². The van der Waals surface area contributed by atoms with Crippen LogP contribution >= 0.6 is 0 Å². The first-order valence-electron chi connectivity index (χ1n) is 7.21. The molecule has 0 aliphatic rings. The van der Waals surface area contributed by atoms with E-state index < -0.39 is 24.5 Å². The summed E-state index contributed by atoms with van der Waals surface area (Å²) in [6.07, 6.45) is 0. The van der Waals surface area contributed by atoms with Crippen molar-refractivity contribution in [1.29, 1.82) is 0 Å². The molecule has 0 aromatic heterocycles. The van der Waals surface area contributed by atoms with Gasteiger partial charge in [0, 0.05) is 0 Å². The number of phenols is 1. The molecule has 0 radical (unpaired) electrons. The van der Waals surface area contributed by atoms with Gasteiger partial charge in [0.15, 0.2) is 6.61 Å². The molecular formula is C18H18O5. The summed E-state index contributed by atoms with van der Waals surface area (Å²) in [4.78, 5) is 23.5. The van der Waals surface area contributed by atoms with Crippen LogP contribution in [0.1, 0.15) is 24.0 Å². The highest BCUT2D eigenvalue weighted by atomic mass is 16.6. The van der Waals surface area contributed by atoms with Crippen LogP contribution in [-0.2, 0) is 25.7 Å². The molecule has 0 heterocycles. The summed E-state index contributed by atoms with van der Waals surface area (Å²) >= 11 is 0. The predicted molar refractivity (Wildman–Crippen MR) is 83.7 cm³/mol. The summed E-state index contributed by atoms with van der Waals surface area (Å²) in [6.45, 7) is 1.39. The molecule has 1 atom stereocenters. The van der Waals surface area contributed by atoms with Crippen molar-refractivity contribution < 1.29 is 24.2 Å². The minimum atomic E-state index is -0.597. The third-order valence-corrected chi connectivity index (χ3v) is 3.32. The van der Waals surface area contributed by atoms with E-state index in [9.17, 15) is 14.7 Å². The Morgan fingerprint density at radius 2 is 1.65 bits per heavy atom. The lowest BCUT2D eigenvalue weighted by Crippen LogP contribution is -2.20. The van der Waals surface area contributed by atoms with Gasteiger partial charge < -0.3 is 14.6 Å². The van der Waals surface area contributed by atoms with Gasteiger partial charge in [-0.3, -0.25) is 4.79 Å². The Labute approximate surface area is 134 Å². The summed E-state index contributed by atoms with van der Waals surface area (Å²) in [6, 6.07) is 15.5. The van der Waals surface area contributed by atoms with Crippen LogP contribution in [-0.4, -0.2) is 23.7 Å². The van der Waals surface area contributed by atoms with E-state index in [2.05, 4.69) is 0 Å². The van der Waals surface area contributed by atoms with Gasteiger partial charge in [-0.25, -0.2) is 4.79 Å². The zero-order valence-electron chi connectivity index (χ0n) is 12.8. The molecule has 1 N–H and O–H groups in total. The fourth-order valence-corrected chi connectivity index (χ4v) is 1.93. The Hall–Kier alpha value is -2.82. The molecule has 120 valence electrons. The van der Waals surface area contributed by atoms with E-state index in [1.807, 2.05) is 30.3 Å². The summed E-state index contributed by atoms with van der Waals surface area (Å²) < 4.78 is 9.99. The molecule has 0 aliphatic carbocycles. The van der Waals surface area contributed by atoms with Gasteiger partial charge in [-0.2, -0.15) is 0 Å². The Kier molecular flexibility index (Phi) is 5.74. The summed E-state index contributed by atoms with van der Waals surface area (Å²) in [7, 11) is 0. The largest absolute Gasteiger partial charge is 0.508 e. The number of ether oxygens (including phenoxy) is 2. The first-order valence-corrected chi connectivity index (χ1v) is 7.21. The molecular weight excluding hydrogens is 296 g/mol. The predicted octanol–water partition coefficient (Wildman–Crippen LogP) is 2.78. The van der Waals surface area contributed by atoms with Crippen molar-refractivity contribution in [3.63, 3.8) is 0 Å². The van der Waals surface area contributed by atoms with Crippen molar-refractivity contribution in [3.05, 3.63) is 65.7 Å². The van der Waals surface area contributed by atoms with E-state index in [0.717, 1.165) is 5.56 Å². The lowest BCUT2D eigenvalue weighted by Gasteiger charge is -2.11. The van der Waals surface area contributed by atoms with Gasteiger partial charge in [0.05, 0.1) is 5.92 Å². The summed E-state index contributed by atoms with van der Waals surface area (Å²) in [5, 5.41) is 9.23. The average molecular weight is 314 g/mol. The number of aromatic hydroxyl groups is 1. The zero-order valence-corrected chi connectivity index (χ0v) is 12.8. The molecule has 0 amide bonds. The summed E-state index contributed by atoms with van der Waals surface area (Å²) in [5.41, 5.74) is 1.56. The molecule has 0 fully saturated rings. The van der Waals surface area contributed by atoms with Gasteiger partial charge in [0.2, 0.25) is 0 Å². The number of esters is 2. The average Bonchev–Trinajstić information content (AvgIpc) is 2.58. The normalized spacial score (nSPS) is 11.5. The van der Waals surface area contributed by atoms with Crippen LogP contribution in [0.25, 0.3) is 0 Å². The van der Waals surface area contributed by atoms with Crippen LogP contribution in [0.4, 0.5) is 0 Å². The van der Waals surface area contributed by atoms with Gasteiger partial charge in [-0.15, -0.1) is 0 Å². The van der Waals surface area contributed by atoms with E-state index >= 15 is 0 Å². The molecule has 0 saturated heterocycles. The first-order chi connectivity index (χ1) is 11.1. The first kappa shape index (κ1) is 16.5. The van der Waals surface area contributed by atoms with Gasteiger partial charge in [-0.05, 0) is 30.2 Å². The molecule has 23 heavy (non-hydrogen) atoms. The molecule has 1 unspecified atom stereocenters. The van der Waals surface area contributed by atoms with Crippen LogP contribution in [0, 0.1) is 0 Å². The Balaban J connectivity index is 1.77. The SMILES string of the molecule is CC(C(=O)OCC(=O)OCc1ccccc1)c1ccc(O)cc1. The molecule has 5 heteroatoms. The molecule has 0 saturated carbocycles. The quantitative estimate of drug-likeness (QED) is 0.830. The summed E-state index contributed by atoms with van der Waals surface area (Å²) in [5.74, 6) is -1.52. The van der Waals surface area contributed by atoms with Gasteiger partial charge >= 0.3 is 11.9 Å². The van der Waals surface area contributed by atoms with E-state index in [1.165, 1.54) is 12.1 Å². The Morgan fingerprint density at radius 3 is 2.30 bits per heavy atom. The van der Waals surface area contributed by atoms with Crippen molar-refractivity contribution in [2.24, 2.45) is 0 Å². The number of rotatable bonds is 6. The number of hydrogen-bond donors (Lipinski definition) is 1. The maximum atomic E-state index is 11.9. The van der Waals surface area contributed by atoms with Gasteiger partial charge in [0.1, 0.15) is 12.4 Å². The third-order valence-electron chi connectivity index (χ3n) is 3.32. The van der Waals surface area contributed by atoms with Crippen LogP contribution in [0.3, 0.4) is 0 Å². The second-order valence-corrected chi connectivity index (χ2v) is 5.07. The minimum absolute atomic E-state index is 0.124. The van der Waals surface area contributed by atoms with Crippen molar-refractivity contribution in [2.75, 3.05) is 6.61 Å². The molecule has 0 spiro atoms. The smallest absolute Gasteiger partial charge is 0.344 e. The number of carbonyl (C=O) groups excluding carboxylic acids is 2. The van der Waals surface area contributed by atoms with Crippen molar-refractivity contribution in [2.45, 2.75) is 19.4 Å². The van der Waals surface area contributed by atoms with Gasteiger partial charge in [0.25, 0.3) is 0 Å². The highest BCUT2D eigenvalue weighted by Crippen LogP contribution is 2.19. The maximum Gasteiger partial charge on any atom is 0.344 e. The lowest BCUT2D eigenvalue weighted by atomic mass is 10.0. The third kappa shape index (κ3) is 5.14. The van der Waals surface area contributed by atoms with Crippen molar-refractivity contribution in [3.8, 4) is 5.75 Å². The monoisotopic (exact) mass is 314 g/mol. The van der Waals surface area contributed by atoms with Crippen LogP contribution in [0.5, 0.6) is 5.75 Å². The van der Waals surface area contributed by atoms with Crippen LogP contribution < -0.4 is 0 Å². The lowest BCUT2D eigenvalue weighted by molar-refractivity contribution is -0.160. The van der Waals surface area contributed by atoms with E-state index in [0.29, 0.717) is 5.56 Å². The second-order valence-electron chi connectivity index (χ2n) is 5.07. The number of benzene rings is 2. The fourth-order valence-electron chi connectivity index (χ4n) is 1.93. The van der Waals surface area contributed by atoms with E-state index in [4.69, 9.17) is 9.47 Å². The number of hydrogen-bond acceptors (Lipinski definition) is 5. The topological polar surface area (TPSA) is 72.8 Å². The minimum Gasteiger partial charge on any atom is -0.508 e. The molecule has 0 aliphatic heterocycles. The standard InChI is InChI=1S/C18H18O5/c1-13(15-7-9-16(19)10-8-15)18(21)23-12-17(20)22-11-14-5-3-2-4-6-14/h2-10,13,19H,11-12H2,1H3. The highest BCUT2D eigenvalue weighted by Gasteiger charge is 2.18. The zero-order chi connectivity index (χ0) is 16.7.